The highest BCUT2D eigenvalue weighted by Crippen LogP contribution is 2.43. The molecule has 0 amide bonds. The summed E-state index contributed by atoms with van der Waals surface area (Å²) in [5.41, 5.74) is 3.08. The SMILES string of the molecule is CCOC(=O)C1=C(NC2CCCCC2)Oc2nc(-c3ccccc3)c(-c3ccccc3)n2C1C(=O)OCC. The lowest BCUT2D eigenvalue weighted by Gasteiger charge is -2.32. The van der Waals surface area contributed by atoms with Gasteiger partial charge in [-0.1, -0.05) is 79.9 Å². The summed E-state index contributed by atoms with van der Waals surface area (Å²) in [6.07, 6.45) is 5.26. The third-order valence-electron chi connectivity index (χ3n) is 6.89. The first-order valence-electron chi connectivity index (χ1n) is 13.4. The molecule has 1 aromatic heterocycles. The van der Waals surface area contributed by atoms with Gasteiger partial charge in [0, 0.05) is 17.2 Å². The molecule has 2 aliphatic rings. The van der Waals surface area contributed by atoms with E-state index in [2.05, 4.69) is 5.32 Å². The summed E-state index contributed by atoms with van der Waals surface area (Å²) in [4.78, 5) is 32.0. The zero-order valence-corrected chi connectivity index (χ0v) is 21.8. The number of nitrogens with one attached hydrogen (secondary N) is 1. The van der Waals surface area contributed by atoms with Crippen LogP contribution >= 0.6 is 0 Å². The molecule has 1 aliphatic carbocycles. The second-order valence-electron chi connectivity index (χ2n) is 9.39. The van der Waals surface area contributed by atoms with Gasteiger partial charge in [-0.15, -0.1) is 0 Å². The highest BCUT2D eigenvalue weighted by atomic mass is 16.6. The van der Waals surface area contributed by atoms with Crippen molar-refractivity contribution in [2.75, 3.05) is 13.2 Å². The monoisotopic (exact) mass is 515 g/mol. The number of aromatic nitrogens is 2. The normalized spacial score (nSPS) is 17.4. The van der Waals surface area contributed by atoms with E-state index in [0.717, 1.165) is 36.8 Å². The molecule has 1 N–H and O–H groups in total. The van der Waals surface area contributed by atoms with Crippen molar-refractivity contribution in [3.05, 3.63) is 72.1 Å². The Balaban J connectivity index is 1.73. The number of carbonyl (C=O) groups excluding carboxylic acids is 2. The van der Waals surface area contributed by atoms with Gasteiger partial charge in [0.25, 0.3) is 0 Å². The molecule has 0 radical (unpaired) electrons. The zero-order valence-electron chi connectivity index (χ0n) is 21.8. The number of imidazole rings is 1. The van der Waals surface area contributed by atoms with E-state index in [9.17, 15) is 9.59 Å². The average Bonchev–Trinajstić information content (AvgIpc) is 3.33. The third-order valence-corrected chi connectivity index (χ3v) is 6.89. The minimum Gasteiger partial charge on any atom is -0.464 e. The first-order chi connectivity index (χ1) is 18.6. The van der Waals surface area contributed by atoms with E-state index in [0.29, 0.717) is 11.4 Å². The molecule has 5 rings (SSSR count). The Bertz CT molecular complexity index is 1310. The molecule has 2 heterocycles. The van der Waals surface area contributed by atoms with Crippen molar-refractivity contribution >= 4 is 11.9 Å². The number of rotatable bonds is 8. The van der Waals surface area contributed by atoms with Crippen LogP contribution in [0.2, 0.25) is 0 Å². The second-order valence-corrected chi connectivity index (χ2v) is 9.39. The van der Waals surface area contributed by atoms with Gasteiger partial charge >= 0.3 is 17.9 Å². The van der Waals surface area contributed by atoms with Crippen LogP contribution in [0.1, 0.15) is 52.0 Å². The van der Waals surface area contributed by atoms with Crippen molar-refractivity contribution < 1.29 is 23.8 Å². The van der Waals surface area contributed by atoms with E-state index in [1.807, 2.05) is 60.7 Å². The van der Waals surface area contributed by atoms with Gasteiger partial charge in [0.05, 0.1) is 18.9 Å². The maximum Gasteiger partial charge on any atom is 0.342 e. The van der Waals surface area contributed by atoms with Crippen molar-refractivity contribution in [2.24, 2.45) is 0 Å². The standard InChI is InChI=1S/C30H33N3O5/c1-3-36-28(34)23-26(29(35)37-4-2)33-25(21-16-10-6-11-17-21)24(20-14-8-5-9-15-20)32-30(33)38-27(23)31-22-18-12-7-13-19-22/h5-6,8-11,14-17,22,26,31H,3-4,7,12-13,18-19H2,1-2H3. The molecule has 0 bridgehead atoms. The van der Waals surface area contributed by atoms with Crippen LogP contribution in [-0.2, 0) is 19.1 Å². The molecule has 1 fully saturated rings. The fourth-order valence-electron chi connectivity index (χ4n) is 5.19. The van der Waals surface area contributed by atoms with Crippen molar-refractivity contribution in [3.8, 4) is 28.5 Å². The van der Waals surface area contributed by atoms with E-state index in [4.69, 9.17) is 19.2 Å². The van der Waals surface area contributed by atoms with Gasteiger partial charge in [0.2, 0.25) is 5.88 Å². The lowest BCUT2D eigenvalue weighted by molar-refractivity contribution is -0.150. The van der Waals surface area contributed by atoms with Crippen LogP contribution in [0.15, 0.2) is 72.1 Å². The fourth-order valence-corrected chi connectivity index (χ4v) is 5.19. The molecule has 8 heteroatoms. The molecule has 1 aliphatic heterocycles. The summed E-state index contributed by atoms with van der Waals surface area (Å²) >= 11 is 0. The van der Waals surface area contributed by atoms with E-state index < -0.39 is 18.0 Å². The van der Waals surface area contributed by atoms with Crippen LogP contribution in [0.5, 0.6) is 6.01 Å². The van der Waals surface area contributed by atoms with Crippen LogP contribution < -0.4 is 10.1 Å². The highest BCUT2D eigenvalue weighted by Gasteiger charge is 2.44. The first-order valence-corrected chi connectivity index (χ1v) is 13.4. The summed E-state index contributed by atoms with van der Waals surface area (Å²) in [6.45, 7) is 3.80. The Morgan fingerprint density at radius 2 is 1.55 bits per heavy atom. The summed E-state index contributed by atoms with van der Waals surface area (Å²) in [5.74, 6) is -0.981. The van der Waals surface area contributed by atoms with Crippen molar-refractivity contribution in [3.63, 3.8) is 0 Å². The summed E-state index contributed by atoms with van der Waals surface area (Å²) in [5, 5.41) is 3.42. The fraction of sp³-hybridized carbons (Fsp3) is 0.367. The Morgan fingerprint density at radius 3 is 2.18 bits per heavy atom. The number of hydrogen-bond acceptors (Lipinski definition) is 7. The van der Waals surface area contributed by atoms with Crippen LogP contribution in [0, 0.1) is 0 Å². The predicted octanol–water partition coefficient (Wildman–Crippen LogP) is 5.41. The number of esters is 2. The topological polar surface area (TPSA) is 91.7 Å². The number of carbonyl (C=O) groups is 2. The van der Waals surface area contributed by atoms with Gasteiger partial charge in [0.1, 0.15) is 11.3 Å². The van der Waals surface area contributed by atoms with E-state index in [1.165, 1.54) is 6.42 Å². The molecule has 38 heavy (non-hydrogen) atoms. The second kappa shape index (κ2) is 11.5. The van der Waals surface area contributed by atoms with Crippen LogP contribution in [-0.4, -0.2) is 40.7 Å². The lowest BCUT2D eigenvalue weighted by atomic mass is 9.95. The van der Waals surface area contributed by atoms with Gasteiger partial charge in [0.15, 0.2) is 6.04 Å². The lowest BCUT2D eigenvalue weighted by Crippen LogP contribution is -2.41. The van der Waals surface area contributed by atoms with Crippen molar-refractivity contribution in [1.82, 2.24) is 14.9 Å². The Labute approximate surface area is 222 Å². The minimum atomic E-state index is -1.14. The predicted molar refractivity (Wildman–Crippen MR) is 143 cm³/mol. The largest absolute Gasteiger partial charge is 0.464 e. The van der Waals surface area contributed by atoms with Crippen LogP contribution in [0.3, 0.4) is 0 Å². The van der Waals surface area contributed by atoms with Crippen LogP contribution in [0.4, 0.5) is 0 Å². The molecule has 3 aromatic rings. The summed E-state index contributed by atoms with van der Waals surface area (Å²) in [6, 6.07) is 18.6. The quantitative estimate of drug-likeness (QED) is 0.401. The maximum atomic E-state index is 13.7. The van der Waals surface area contributed by atoms with Gasteiger partial charge in [-0.2, -0.15) is 4.98 Å². The zero-order chi connectivity index (χ0) is 26.5. The van der Waals surface area contributed by atoms with Gasteiger partial charge in [-0.25, -0.2) is 9.59 Å². The average molecular weight is 516 g/mol. The van der Waals surface area contributed by atoms with E-state index in [1.54, 1.807) is 18.4 Å². The molecule has 1 unspecified atom stereocenters. The Morgan fingerprint density at radius 1 is 0.921 bits per heavy atom. The molecule has 198 valence electrons. The Kier molecular flexibility index (Phi) is 7.77. The number of ether oxygens (including phenoxy) is 3. The van der Waals surface area contributed by atoms with Crippen molar-refractivity contribution in [1.29, 1.82) is 0 Å². The summed E-state index contributed by atoms with van der Waals surface area (Å²) < 4.78 is 19.0. The maximum absolute atomic E-state index is 13.7. The highest BCUT2D eigenvalue weighted by molar-refractivity contribution is 5.98. The third kappa shape index (κ3) is 5.03. The number of hydrogen-bond donors (Lipinski definition) is 1. The molecule has 2 aromatic carbocycles. The molecular formula is C30H33N3O5. The minimum absolute atomic E-state index is 0.0950. The number of fused-ring (bicyclic) bond motifs is 1. The molecule has 1 saturated carbocycles. The van der Waals surface area contributed by atoms with E-state index in [-0.39, 0.29) is 36.7 Å². The number of benzene rings is 2. The van der Waals surface area contributed by atoms with E-state index >= 15 is 0 Å². The van der Waals surface area contributed by atoms with Crippen LogP contribution in [0.25, 0.3) is 22.5 Å². The molecule has 8 nitrogen and oxygen atoms in total. The first kappa shape index (κ1) is 25.6. The smallest absolute Gasteiger partial charge is 0.342 e. The summed E-state index contributed by atoms with van der Waals surface area (Å²) in [7, 11) is 0. The van der Waals surface area contributed by atoms with Gasteiger partial charge in [-0.3, -0.25) is 4.57 Å². The van der Waals surface area contributed by atoms with Gasteiger partial charge < -0.3 is 19.5 Å². The molecule has 1 atom stereocenters. The number of nitrogens with zero attached hydrogens (tertiary/aromatic N) is 2. The van der Waals surface area contributed by atoms with Gasteiger partial charge in [-0.05, 0) is 26.7 Å². The molecular weight excluding hydrogens is 482 g/mol. The molecule has 0 spiro atoms. The molecule has 0 saturated heterocycles. The van der Waals surface area contributed by atoms with Crippen molar-refractivity contribution in [2.45, 2.75) is 58.0 Å². The Hall–Kier alpha value is -4.07.